The Kier molecular flexibility index (Phi) is 4.13. The number of benzene rings is 1. The molecule has 2 rings (SSSR count). The van der Waals surface area contributed by atoms with Crippen molar-refractivity contribution in [1.29, 1.82) is 0 Å². The molecular formula is C13H21N3O2S. The van der Waals surface area contributed by atoms with Crippen LogP contribution in [0.15, 0.2) is 23.1 Å². The van der Waals surface area contributed by atoms with Crippen molar-refractivity contribution in [2.24, 2.45) is 0 Å². The highest BCUT2D eigenvalue weighted by molar-refractivity contribution is 7.89. The van der Waals surface area contributed by atoms with E-state index < -0.39 is 10.0 Å². The van der Waals surface area contributed by atoms with E-state index in [2.05, 4.69) is 9.62 Å². The normalized spacial score (nSPS) is 18.6. The second-order valence-corrected chi connectivity index (χ2v) is 6.84. The zero-order valence-electron chi connectivity index (χ0n) is 11.4. The number of hydrogen-bond acceptors (Lipinski definition) is 4. The van der Waals surface area contributed by atoms with Gasteiger partial charge in [-0.25, -0.2) is 13.1 Å². The molecule has 1 aromatic carbocycles. The Labute approximate surface area is 114 Å². The highest BCUT2D eigenvalue weighted by atomic mass is 32.2. The number of hydrogen-bond donors (Lipinski definition) is 2. The van der Waals surface area contributed by atoms with Crippen LogP contribution in [0.4, 0.5) is 5.69 Å². The zero-order valence-corrected chi connectivity index (χ0v) is 12.2. The summed E-state index contributed by atoms with van der Waals surface area (Å²) in [6.45, 7) is 3.59. The Morgan fingerprint density at radius 1 is 1.32 bits per heavy atom. The molecule has 106 valence electrons. The summed E-state index contributed by atoms with van der Waals surface area (Å²) < 4.78 is 27.6. The van der Waals surface area contributed by atoms with Crippen molar-refractivity contribution in [2.75, 3.05) is 25.9 Å². The van der Waals surface area contributed by atoms with Crippen molar-refractivity contribution >= 4 is 15.7 Å². The van der Waals surface area contributed by atoms with E-state index in [1.807, 2.05) is 7.05 Å². The van der Waals surface area contributed by atoms with Gasteiger partial charge in [-0.05, 0) is 51.5 Å². The molecule has 19 heavy (non-hydrogen) atoms. The fourth-order valence-corrected chi connectivity index (χ4v) is 4.11. The van der Waals surface area contributed by atoms with Gasteiger partial charge in [0.1, 0.15) is 4.90 Å². The van der Waals surface area contributed by atoms with Crippen LogP contribution < -0.4 is 10.5 Å². The smallest absolute Gasteiger partial charge is 0.243 e. The predicted molar refractivity (Wildman–Crippen MR) is 76.4 cm³/mol. The summed E-state index contributed by atoms with van der Waals surface area (Å²) >= 11 is 0. The van der Waals surface area contributed by atoms with Crippen LogP contribution in [0.25, 0.3) is 0 Å². The van der Waals surface area contributed by atoms with Crippen molar-refractivity contribution in [3.8, 4) is 0 Å². The summed E-state index contributed by atoms with van der Waals surface area (Å²) in [5, 5.41) is 0. The lowest BCUT2D eigenvalue weighted by Crippen LogP contribution is -2.43. The molecule has 0 aliphatic carbocycles. The number of likely N-dealkylation sites (tertiary alicyclic amines) is 1. The first-order valence-corrected chi connectivity index (χ1v) is 7.94. The van der Waals surface area contributed by atoms with Crippen LogP contribution >= 0.6 is 0 Å². The van der Waals surface area contributed by atoms with Crippen molar-refractivity contribution in [3.05, 3.63) is 23.8 Å². The Morgan fingerprint density at radius 3 is 2.53 bits per heavy atom. The number of nitrogen functional groups attached to an aromatic ring is 1. The zero-order chi connectivity index (χ0) is 14.0. The van der Waals surface area contributed by atoms with Gasteiger partial charge in [-0.3, -0.25) is 0 Å². The molecule has 0 amide bonds. The third-order valence-electron chi connectivity index (χ3n) is 3.55. The number of nitrogens with two attached hydrogens (primary N) is 1. The van der Waals surface area contributed by atoms with Crippen LogP contribution in [0.3, 0.4) is 0 Å². The summed E-state index contributed by atoms with van der Waals surface area (Å²) in [6.07, 6.45) is 1.67. The Morgan fingerprint density at radius 2 is 1.95 bits per heavy atom. The second-order valence-electron chi connectivity index (χ2n) is 5.19. The first-order chi connectivity index (χ1) is 8.90. The third-order valence-corrected chi connectivity index (χ3v) is 5.29. The molecule has 1 aliphatic rings. The van der Waals surface area contributed by atoms with Crippen molar-refractivity contribution in [3.63, 3.8) is 0 Å². The SMILES string of the molecule is Cc1cccc(N)c1S(=O)(=O)NC1CCN(C)CC1. The maximum absolute atomic E-state index is 12.4. The number of nitrogens with zero attached hydrogens (tertiary/aromatic N) is 1. The van der Waals surface area contributed by atoms with Crippen LogP contribution in [0.5, 0.6) is 0 Å². The molecule has 3 N–H and O–H groups in total. The van der Waals surface area contributed by atoms with Gasteiger partial charge in [-0.2, -0.15) is 0 Å². The van der Waals surface area contributed by atoms with Gasteiger partial charge in [0.15, 0.2) is 0 Å². The monoisotopic (exact) mass is 283 g/mol. The molecule has 1 aromatic rings. The molecular weight excluding hydrogens is 262 g/mol. The quantitative estimate of drug-likeness (QED) is 0.810. The van der Waals surface area contributed by atoms with Crippen LogP contribution in [-0.2, 0) is 10.0 Å². The van der Waals surface area contributed by atoms with Gasteiger partial charge < -0.3 is 10.6 Å². The largest absolute Gasteiger partial charge is 0.398 e. The lowest BCUT2D eigenvalue weighted by molar-refractivity contribution is 0.248. The number of aryl methyl sites for hydroxylation is 1. The summed E-state index contributed by atoms with van der Waals surface area (Å²) in [7, 11) is -1.49. The van der Waals surface area contributed by atoms with E-state index in [1.165, 1.54) is 0 Å². The van der Waals surface area contributed by atoms with Crippen LogP contribution in [0.1, 0.15) is 18.4 Å². The first kappa shape index (κ1) is 14.3. The van der Waals surface area contributed by atoms with Gasteiger partial charge in [0.05, 0.1) is 5.69 Å². The fraction of sp³-hybridized carbons (Fsp3) is 0.538. The van der Waals surface area contributed by atoms with Crippen LogP contribution in [-0.4, -0.2) is 39.5 Å². The lowest BCUT2D eigenvalue weighted by atomic mass is 10.1. The Bertz CT molecular complexity index is 529. The standard InChI is InChI=1S/C13H21N3O2S/c1-10-4-3-5-12(14)13(10)19(17,18)15-11-6-8-16(2)9-7-11/h3-5,11,15H,6-9,14H2,1-2H3. The Balaban J connectivity index is 2.19. The molecule has 1 aliphatic heterocycles. The number of piperidine rings is 1. The molecule has 5 nitrogen and oxygen atoms in total. The van der Waals surface area contributed by atoms with Gasteiger partial charge >= 0.3 is 0 Å². The fourth-order valence-electron chi connectivity index (χ4n) is 2.45. The maximum Gasteiger partial charge on any atom is 0.243 e. The number of rotatable bonds is 3. The maximum atomic E-state index is 12.4. The van der Waals surface area contributed by atoms with Gasteiger partial charge in [0.2, 0.25) is 10.0 Å². The van der Waals surface area contributed by atoms with Gasteiger partial charge in [-0.1, -0.05) is 12.1 Å². The molecule has 0 spiro atoms. The van der Waals surface area contributed by atoms with E-state index in [9.17, 15) is 8.42 Å². The molecule has 1 saturated heterocycles. The van der Waals surface area contributed by atoms with Crippen molar-refractivity contribution in [1.82, 2.24) is 9.62 Å². The molecule has 0 aromatic heterocycles. The van der Waals surface area contributed by atoms with E-state index in [1.54, 1.807) is 25.1 Å². The molecule has 6 heteroatoms. The number of anilines is 1. The van der Waals surface area contributed by atoms with Gasteiger partial charge in [-0.15, -0.1) is 0 Å². The summed E-state index contributed by atoms with van der Waals surface area (Å²) in [5.74, 6) is 0. The minimum Gasteiger partial charge on any atom is -0.398 e. The van der Waals surface area contributed by atoms with Crippen LogP contribution in [0, 0.1) is 6.92 Å². The molecule has 0 atom stereocenters. The van der Waals surface area contributed by atoms with Crippen LogP contribution in [0.2, 0.25) is 0 Å². The highest BCUT2D eigenvalue weighted by Gasteiger charge is 2.25. The van der Waals surface area contributed by atoms with E-state index in [0.717, 1.165) is 25.9 Å². The van der Waals surface area contributed by atoms with E-state index in [-0.39, 0.29) is 10.9 Å². The molecule has 0 unspecified atom stereocenters. The third kappa shape index (κ3) is 3.26. The minimum absolute atomic E-state index is 0.000191. The molecule has 0 bridgehead atoms. The summed E-state index contributed by atoms with van der Waals surface area (Å²) in [5.41, 5.74) is 6.79. The van der Waals surface area contributed by atoms with Gasteiger partial charge in [0, 0.05) is 6.04 Å². The number of nitrogens with one attached hydrogen (secondary N) is 1. The van der Waals surface area contributed by atoms with E-state index in [4.69, 9.17) is 5.73 Å². The van der Waals surface area contributed by atoms with Gasteiger partial charge in [0.25, 0.3) is 0 Å². The van der Waals surface area contributed by atoms with Crippen molar-refractivity contribution < 1.29 is 8.42 Å². The van der Waals surface area contributed by atoms with Crippen molar-refractivity contribution in [2.45, 2.75) is 30.7 Å². The summed E-state index contributed by atoms with van der Waals surface area (Å²) in [6, 6.07) is 5.15. The number of sulfonamides is 1. The highest BCUT2D eigenvalue weighted by Crippen LogP contribution is 2.23. The average molecular weight is 283 g/mol. The molecule has 0 radical (unpaired) electrons. The lowest BCUT2D eigenvalue weighted by Gasteiger charge is -2.29. The molecule has 1 heterocycles. The Hall–Kier alpha value is -1.11. The van der Waals surface area contributed by atoms with E-state index in [0.29, 0.717) is 11.3 Å². The minimum atomic E-state index is -3.53. The van der Waals surface area contributed by atoms with E-state index >= 15 is 0 Å². The second kappa shape index (κ2) is 5.48. The summed E-state index contributed by atoms with van der Waals surface area (Å²) in [4.78, 5) is 2.42. The predicted octanol–water partition coefficient (Wildman–Crippen LogP) is 0.950. The topological polar surface area (TPSA) is 75.4 Å². The first-order valence-electron chi connectivity index (χ1n) is 6.46. The average Bonchev–Trinajstić information content (AvgIpc) is 2.31. The molecule has 1 fully saturated rings. The molecule has 0 saturated carbocycles.